The SMILES string of the molecule is CC[C@@H]1C[C@H](N(Cc2cc(F)cc(C(F)(F)F)c2)c2nnn(C)n2)c2nc(C)ccc2N1C(=O)OC(C)C. The minimum Gasteiger partial charge on any atom is -0.446 e. The third-order valence-electron chi connectivity index (χ3n) is 6.25. The molecule has 3 aromatic rings. The molecule has 9 nitrogen and oxygen atoms in total. The summed E-state index contributed by atoms with van der Waals surface area (Å²) in [6.45, 7) is 7.09. The van der Waals surface area contributed by atoms with Crippen LogP contribution in [0.4, 0.5) is 34.0 Å². The number of amides is 1. The number of nitrogens with zero attached hydrogens (tertiary/aromatic N) is 7. The molecule has 0 aliphatic carbocycles. The Labute approximate surface area is 217 Å². The van der Waals surface area contributed by atoms with Crippen molar-refractivity contribution in [3.63, 3.8) is 0 Å². The number of alkyl halides is 3. The maximum Gasteiger partial charge on any atom is 0.416 e. The molecule has 0 fully saturated rings. The van der Waals surface area contributed by atoms with Crippen molar-refractivity contribution in [3.8, 4) is 0 Å². The van der Waals surface area contributed by atoms with Crippen LogP contribution in [0.1, 0.15) is 62.2 Å². The number of anilines is 2. The molecule has 2 aromatic heterocycles. The van der Waals surface area contributed by atoms with Crippen LogP contribution in [-0.4, -0.2) is 43.4 Å². The zero-order chi connectivity index (χ0) is 27.8. The molecule has 38 heavy (non-hydrogen) atoms. The molecular weight excluding hydrogens is 506 g/mol. The molecule has 1 aromatic carbocycles. The first-order valence-electron chi connectivity index (χ1n) is 12.2. The molecule has 1 aliphatic rings. The fraction of sp³-hybridized carbons (Fsp3) is 0.480. The van der Waals surface area contributed by atoms with E-state index in [2.05, 4.69) is 15.4 Å². The number of halogens is 4. The highest BCUT2D eigenvalue weighted by molar-refractivity contribution is 5.90. The molecule has 0 unspecified atom stereocenters. The van der Waals surface area contributed by atoms with E-state index in [4.69, 9.17) is 9.72 Å². The minimum absolute atomic E-state index is 0.0775. The number of aryl methyl sites for hydroxylation is 2. The van der Waals surface area contributed by atoms with Gasteiger partial charge in [-0.2, -0.15) is 18.0 Å². The molecule has 13 heteroatoms. The molecule has 0 N–H and O–H groups in total. The average molecular weight is 536 g/mol. The van der Waals surface area contributed by atoms with Crippen molar-refractivity contribution >= 4 is 17.7 Å². The number of hydrogen-bond donors (Lipinski definition) is 0. The van der Waals surface area contributed by atoms with Crippen molar-refractivity contribution < 1.29 is 27.1 Å². The lowest BCUT2D eigenvalue weighted by Crippen LogP contribution is -2.48. The molecule has 3 heterocycles. The van der Waals surface area contributed by atoms with E-state index >= 15 is 0 Å². The van der Waals surface area contributed by atoms with E-state index in [1.54, 1.807) is 49.8 Å². The van der Waals surface area contributed by atoms with Crippen LogP contribution in [0.2, 0.25) is 0 Å². The number of benzene rings is 1. The molecule has 1 aliphatic heterocycles. The van der Waals surface area contributed by atoms with Gasteiger partial charge in [-0.25, -0.2) is 9.18 Å². The van der Waals surface area contributed by atoms with Gasteiger partial charge in [0.05, 0.1) is 36.1 Å². The Balaban J connectivity index is 1.84. The second kappa shape index (κ2) is 10.5. The summed E-state index contributed by atoms with van der Waals surface area (Å²) in [5.41, 5.74) is 0.696. The first-order chi connectivity index (χ1) is 17.9. The van der Waals surface area contributed by atoms with Crippen molar-refractivity contribution in [2.45, 2.75) is 71.4 Å². The maximum absolute atomic E-state index is 14.3. The zero-order valence-corrected chi connectivity index (χ0v) is 21.7. The van der Waals surface area contributed by atoms with Crippen molar-refractivity contribution in [1.82, 2.24) is 25.2 Å². The summed E-state index contributed by atoms with van der Waals surface area (Å²) in [7, 11) is 1.56. The molecule has 1 amide bonds. The third kappa shape index (κ3) is 5.70. The fourth-order valence-corrected chi connectivity index (χ4v) is 4.63. The summed E-state index contributed by atoms with van der Waals surface area (Å²) < 4.78 is 60.1. The second-order valence-corrected chi connectivity index (χ2v) is 9.53. The first kappa shape index (κ1) is 27.3. The highest BCUT2D eigenvalue weighted by Crippen LogP contribution is 2.42. The number of rotatable bonds is 6. The van der Waals surface area contributed by atoms with Gasteiger partial charge in [0.15, 0.2) is 0 Å². The summed E-state index contributed by atoms with van der Waals surface area (Å²) in [5.74, 6) is -0.869. The van der Waals surface area contributed by atoms with Crippen LogP contribution in [0.3, 0.4) is 0 Å². The van der Waals surface area contributed by atoms with Crippen molar-refractivity contribution in [1.29, 1.82) is 0 Å². The largest absolute Gasteiger partial charge is 0.446 e. The van der Waals surface area contributed by atoms with E-state index in [-0.39, 0.29) is 30.2 Å². The van der Waals surface area contributed by atoms with Crippen LogP contribution in [0.25, 0.3) is 0 Å². The summed E-state index contributed by atoms with van der Waals surface area (Å²) in [6.07, 6.45) is -4.64. The molecule has 0 radical (unpaired) electrons. The van der Waals surface area contributed by atoms with Gasteiger partial charge in [0, 0.05) is 18.3 Å². The van der Waals surface area contributed by atoms with Crippen molar-refractivity contribution in [2.24, 2.45) is 7.05 Å². The van der Waals surface area contributed by atoms with Crippen molar-refractivity contribution in [3.05, 3.63) is 58.7 Å². The fourth-order valence-electron chi connectivity index (χ4n) is 4.63. The Bertz CT molecular complexity index is 1310. The molecule has 204 valence electrons. The Hall–Kier alpha value is -3.77. The van der Waals surface area contributed by atoms with E-state index in [9.17, 15) is 22.4 Å². The molecule has 4 rings (SSSR count). The Morgan fingerprint density at radius 1 is 1.24 bits per heavy atom. The highest BCUT2D eigenvalue weighted by Gasteiger charge is 2.41. The number of carbonyl (C=O) groups excluding carboxylic acids is 1. The number of fused-ring (bicyclic) bond motifs is 1. The molecule has 0 bridgehead atoms. The van der Waals surface area contributed by atoms with Crippen LogP contribution in [0.15, 0.2) is 30.3 Å². The van der Waals surface area contributed by atoms with Gasteiger partial charge >= 0.3 is 12.3 Å². The Kier molecular flexibility index (Phi) is 7.56. The van der Waals surface area contributed by atoms with Crippen LogP contribution in [0.5, 0.6) is 0 Å². The average Bonchev–Trinajstić information content (AvgIpc) is 3.26. The van der Waals surface area contributed by atoms with Gasteiger partial charge in [-0.05, 0) is 74.7 Å². The van der Waals surface area contributed by atoms with E-state index in [1.807, 2.05) is 6.92 Å². The summed E-state index contributed by atoms with van der Waals surface area (Å²) in [5, 5.41) is 12.3. The number of ether oxygens (including phenoxy) is 1. The smallest absolute Gasteiger partial charge is 0.416 e. The first-order valence-corrected chi connectivity index (χ1v) is 12.2. The van der Waals surface area contributed by atoms with Gasteiger partial charge < -0.3 is 9.64 Å². The van der Waals surface area contributed by atoms with Gasteiger partial charge in [-0.1, -0.05) is 12.0 Å². The molecule has 0 saturated carbocycles. The normalized spacial score (nSPS) is 17.5. The van der Waals surface area contributed by atoms with E-state index in [0.29, 0.717) is 36.0 Å². The standard InChI is InChI=1S/C25H29F4N7O2/c1-6-19-12-21(22-20(8-7-15(4)30-22)36(19)24(37)38-14(2)3)35(23-31-33-34(5)32-23)13-16-9-17(25(27,28)29)11-18(26)10-16/h7-11,14,19,21H,6,12-13H2,1-5H3/t19-,21+/m1/s1. The number of tetrazole rings is 1. The van der Waals surface area contributed by atoms with Gasteiger partial charge in [-0.3, -0.25) is 9.88 Å². The van der Waals surface area contributed by atoms with Crippen LogP contribution < -0.4 is 9.80 Å². The van der Waals surface area contributed by atoms with Crippen molar-refractivity contribution in [2.75, 3.05) is 9.80 Å². The van der Waals surface area contributed by atoms with Gasteiger partial charge in [0.2, 0.25) is 0 Å². The lowest BCUT2D eigenvalue weighted by Gasteiger charge is -2.43. The summed E-state index contributed by atoms with van der Waals surface area (Å²) >= 11 is 0. The topological polar surface area (TPSA) is 89.3 Å². The second-order valence-electron chi connectivity index (χ2n) is 9.53. The molecule has 0 saturated heterocycles. The minimum atomic E-state index is -4.72. The molecular formula is C25H29F4N7O2. The van der Waals surface area contributed by atoms with E-state index < -0.39 is 29.7 Å². The predicted molar refractivity (Wildman–Crippen MR) is 131 cm³/mol. The highest BCUT2D eigenvalue weighted by atomic mass is 19.4. The maximum atomic E-state index is 14.3. The lowest BCUT2D eigenvalue weighted by atomic mass is 9.92. The summed E-state index contributed by atoms with van der Waals surface area (Å²) in [6, 6.07) is 5.09. The zero-order valence-electron chi connectivity index (χ0n) is 21.7. The molecule has 2 atom stereocenters. The monoisotopic (exact) mass is 535 g/mol. The van der Waals surface area contributed by atoms with E-state index in [0.717, 1.165) is 12.1 Å². The Morgan fingerprint density at radius 3 is 2.58 bits per heavy atom. The van der Waals surface area contributed by atoms with Gasteiger partial charge in [0.25, 0.3) is 5.95 Å². The van der Waals surface area contributed by atoms with Crippen LogP contribution in [0, 0.1) is 12.7 Å². The lowest BCUT2D eigenvalue weighted by molar-refractivity contribution is -0.137. The van der Waals surface area contributed by atoms with E-state index in [1.165, 1.54) is 4.80 Å². The number of carbonyl (C=O) groups is 1. The Morgan fingerprint density at radius 2 is 1.97 bits per heavy atom. The van der Waals surface area contributed by atoms with Gasteiger partial charge in [0.1, 0.15) is 5.82 Å². The number of pyridine rings is 1. The number of hydrogen-bond acceptors (Lipinski definition) is 7. The molecule has 0 spiro atoms. The van der Waals surface area contributed by atoms with Crippen LogP contribution in [-0.2, 0) is 24.5 Å². The quantitative estimate of drug-likeness (QED) is 0.393. The van der Waals surface area contributed by atoms with Crippen LogP contribution >= 0.6 is 0 Å². The predicted octanol–water partition coefficient (Wildman–Crippen LogP) is 5.35. The number of aromatic nitrogens is 5. The van der Waals surface area contributed by atoms with Gasteiger partial charge in [-0.15, -0.1) is 5.10 Å². The summed E-state index contributed by atoms with van der Waals surface area (Å²) in [4.78, 5) is 22.3. The third-order valence-corrected chi connectivity index (χ3v) is 6.25.